The second-order valence-electron chi connectivity index (χ2n) is 5.47. The third-order valence-electron chi connectivity index (χ3n) is 4.14. The number of hydrogen-bond donors (Lipinski definition) is 1. The van der Waals surface area contributed by atoms with Crippen LogP contribution in [0.4, 0.5) is 4.39 Å². The summed E-state index contributed by atoms with van der Waals surface area (Å²) in [5.74, 6) is -1.64. The van der Waals surface area contributed by atoms with Gasteiger partial charge in [0.2, 0.25) is 0 Å². The Morgan fingerprint density at radius 1 is 1.26 bits per heavy atom. The molecule has 0 bridgehead atoms. The highest BCUT2D eigenvalue weighted by Crippen LogP contribution is 2.34. The molecule has 0 radical (unpaired) electrons. The van der Waals surface area contributed by atoms with Crippen LogP contribution in [0.5, 0.6) is 0 Å². The Kier molecular flexibility index (Phi) is 4.10. The van der Waals surface area contributed by atoms with Gasteiger partial charge in [0, 0.05) is 25.2 Å². The second-order valence-corrected chi connectivity index (χ2v) is 5.47. The smallest absolute Gasteiger partial charge is 0.311 e. The number of halogens is 1. The van der Waals surface area contributed by atoms with Gasteiger partial charge in [-0.1, -0.05) is 12.1 Å². The van der Waals surface area contributed by atoms with Gasteiger partial charge in [0.25, 0.3) is 5.91 Å². The van der Waals surface area contributed by atoms with Crippen molar-refractivity contribution in [3.05, 3.63) is 53.6 Å². The third-order valence-corrected chi connectivity index (χ3v) is 4.14. The monoisotopic (exact) mass is 317 g/mol. The number of nitrogens with zero attached hydrogens (tertiary/aromatic N) is 2. The Bertz CT molecular complexity index is 700. The first kappa shape index (κ1) is 15.2. The average Bonchev–Trinajstić information content (AvgIpc) is 3.24. The first-order chi connectivity index (χ1) is 11.1. The molecule has 2 aromatic rings. The highest BCUT2D eigenvalue weighted by atomic mass is 19.1. The maximum Gasteiger partial charge on any atom is 0.311 e. The van der Waals surface area contributed by atoms with E-state index in [2.05, 4.69) is 10.2 Å². The summed E-state index contributed by atoms with van der Waals surface area (Å²) in [5, 5.41) is 6.39. The first-order valence-electron chi connectivity index (χ1n) is 7.22. The van der Waals surface area contributed by atoms with Gasteiger partial charge in [-0.25, -0.2) is 4.39 Å². The lowest BCUT2D eigenvalue weighted by molar-refractivity contribution is -0.145. The molecular weight excluding hydrogens is 301 g/mol. The molecule has 6 nitrogen and oxygen atoms in total. The molecule has 1 aromatic carbocycles. The molecule has 0 spiro atoms. The van der Waals surface area contributed by atoms with E-state index in [1.165, 1.54) is 25.4 Å². The fraction of sp³-hybridized carbons (Fsp3) is 0.312. The average molecular weight is 317 g/mol. The van der Waals surface area contributed by atoms with Crippen molar-refractivity contribution in [1.29, 1.82) is 0 Å². The van der Waals surface area contributed by atoms with Crippen LogP contribution < -0.4 is 0 Å². The van der Waals surface area contributed by atoms with Crippen LogP contribution in [0.1, 0.15) is 22.0 Å². The van der Waals surface area contributed by atoms with Gasteiger partial charge in [0.1, 0.15) is 11.5 Å². The van der Waals surface area contributed by atoms with Crippen molar-refractivity contribution in [1.82, 2.24) is 15.1 Å². The minimum Gasteiger partial charge on any atom is -0.469 e. The van der Waals surface area contributed by atoms with E-state index in [4.69, 9.17) is 4.74 Å². The summed E-state index contributed by atoms with van der Waals surface area (Å²) in [5.41, 5.74) is 1.18. The summed E-state index contributed by atoms with van der Waals surface area (Å²) >= 11 is 0. The van der Waals surface area contributed by atoms with Crippen LogP contribution in [-0.4, -0.2) is 47.2 Å². The molecule has 0 saturated carbocycles. The van der Waals surface area contributed by atoms with Crippen molar-refractivity contribution < 1.29 is 18.7 Å². The lowest BCUT2D eigenvalue weighted by Gasteiger charge is -2.16. The first-order valence-corrected chi connectivity index (χ1v) is 7.22. The molecule has 1 amide bonds. The molecule has 1 aliphatic rings. The highest BCUT2D eigenvalue weighted by Gasteiger charge is 2.41. The van der Waals surface area contributed by atoms with E-state index in [1.807, 2.05) is 0 Å². The van der Waals surface area contributed by atoms with Crippen molar-refractivity contribution in [2.75, 3.05) is 20.2 Å². The fourth-order valence-electron chi connectivity index (χ4n) is 2.95. The van der Waals surface area contributed by atoms with E-state index in [9.17, 15) is 14.0 Å². The van der Waals surface area contributed by atoms with E-state index >= 15 is 0 Å². The van der Waals surface area contributed by atoms with E-state index in [0.29, 0.717) is 12.2 Å². The molecule has 1 fully saturated rings. The predicted octanol–water partition coefficient (Wildman–Crippen LogP) is 1.58. The van der Waals surface area contributed by atoms with E-state index in [0.717, 1.165) is 5.56 Å². The van der Waals surface area contributed by atoms with Crippen molar-refractivity contribution in [3.63, 3.8) is 0 Å². The number of ether oxygens (including phenoxy) is 1. The summed E-state index contributed by atoms with van der Waals surface area (Å²) in [6, 6.07) is 7.56. The minimum absolute atomic E-state index is 0.221. The largest absolute Gasteiger partial charge is 0.469 e. The molecule has 120 valence electrons. The number of carbonyl (C=O) groups is 2. The number of H-pyrrole nitrogens is 1. The number of rotatable bonds is 3. The van der Waals surface area contributed by atoms with Crippen LogP contribution in [0.15, 0.2) is 36.5 Å². The van der Waals surface area contributed by atoms with Crippen LogP contribution in [0, 0.1) is 11.7 Å². The minimum atomic E-state index is -0.475. The number of amides is 1. The molecule has 2 atom stereocenters. The molecule has 1 aliphatic heterocycles. The Morgan fingerprint density at radius 2 is 2.00 bits per heavy atom. The number of aromatic nitrogens is 2. The summed E-state index contributed by atoms with van der Waals surface area (Å²) in [6.45, 7) is 0.621. The Balaban J connectivity index is 1.86. The van der Waals surface area contributed by atoms with Crippen molar-refractivity contribution >= 4 is 11.9 Å². The van der Waals surface area contributed by atoms with Crippen molar-refractivity contribution in [2.24, 2.45) is 5.92 Å². The molecule has 2 heterocycles. The lowest BCUT2D eigenvalue weighted by Crippen LogP contribution is -2.30. The lowest BCUT2D eigenvalue weighted by atomic mass is 9.89. The number of benzene rings is 1. The number of esters is 1. The number of aromatic amines is 1. The number of hydrogen-bond acceptors (Lipinski definition) is 4. The van der Waals surface area contributed by atoms with Gasteiger partial charge in [-0.3, -0.25) is 14.7 Å². The van der Waals surface area contributed by atoms with Crippen molar-refractivity contribution in [2.45, 2.75) is 5.92 Å². The maximum absolute atomic E-state index is 13.1. The molecule has 3 rings (SSSR count). The Morgan fingerprint density at radius 3 is 2.61 bits per heavy atom. The summed E-state index contributed by atoms with van der Waals surface area (Å²) in [4.78, 5) is 26.1. The fourth-order valence-corrected chi connectivity index (χ4v) is 2.95. The molecule has 7 heteroatoms. The molecule has 1 saturated heterocycles. The van der Waals surface area contributed by atoms with E-state index in [-0.39, 0.29) is 30.2 Å². The van der Waals surface area contributed by atoms with Gasteiger partial charge in [-0.05, 0) is 23.8 Å². The van der Waals surface area contributed by atoms with Crippen LogP contribution >= 0.6 is 0 Å². The summed E-state index contributed by atoms with van der Waals surface area (Å²) in [7, 11) is 1.32. The third kappa shape index (κ3) is 2.94. The van der Waals surface area contributed by atoms with E-state index < -0.39 is 5.92 Å². The van der Waals surface area contributed by atoms with Gasteiger partial charge >= 0.3 is 5.97 Å². The molecule has 1 N–H and O–H groups in total. The van der Waals surface area contributed by atoms with Crippen molar-refractivity contribution in [3.8, 4) is 0 Å². The topological polar surface area (TPSA) is 75.3 Å². The maximum atomic E-state index is 13.1. The number of likely N-dealkylation sites (tertiary alicyclic amines) is 1. The normalized spacial score (nSPS) is 20.5. The number of carbonyl (C=O) groups excluding carboxylic acids is 2. The summed E-state index contributed by atoms with van der Waals surface area (Å²) < 4.78 is 18.0. The second kappa shape index (κ2) is 6.20. The predicted molar refractivity (Wildman–Crippen MR) is 79.1 cm³/mol. The zero-order valence-corrected chi connectivity index (χ0v) is 12.5. The quantitative estimate of drug-likeness (QED) is 0.872. The number of methoxy groups -OCH3 is 1. The van der Waals surface area contributed by atoms with Gasteiger partial charge < -0.3 is 9.64 Å². The zero-order chi connectivity index (χ0) is 16.4. The van der Waals surface area contributed by atoms with E-state index in [1.54, 1.807) is 23.1 Å². The zero-order valence-electron chi connectivity index (χ0n) is 12.5. The molecular formula is C16H16FN3O3. The van der Waals surface area contributed by atoms with Crippen LogP contribution in [0.25, 0.3) is 0 Å². The standard InChI is InChI=1S/C16H16FN3O3/c1-23-16(22)13-9-20(15(21)14-6-7-18-19-14)8-12(13)10-2-4-11(17)5-3-10/h2-7,12-13H,8-9H2,1H3,(H,18,19)/t12-,13+/m1/s1. The van der Waals surface area contributed by atoms with Crippen LogP contribution in [-0.2, 0) is 9.53 Å². The molecule has 0 unspecified atom stereocenters. The van der Waals surface area contributed by atoms with Gasteiger partial charge in [0.15, 0.2) is 0 Å². The van der Waals surface area contributed by atoms with Crippen LogP contribution in [0.2, 0.25) is 0 Å². The van der Waals surface area contributed by atoms with Gasteiger partial charge in [-0.2, -0.15) is 5.10 Å². The van der Waals surface area contributed by atoms with Gasteiger partial charge in [0.05, 0.1) is 13.0 Å². The number of nitrogens with one attached hydrogen (secondary N) is 1. The molecule has 1 aromatic heterocycles. The Labute approximate surface area is 132 Å². The Hall–Kier alpha value is -2.70. The summed E-state index contributed by atoms with van der Waals surface area (Å²) in [6.07, 6.45) is 1.50. The van der Waals surface area contributed by atoms with Crippen LogP contribution in [0.3, 0.4) is 0 Å². The SMILES string of the molecule is COC(=O)[C@H]1CN(C(=O)c2ccn[nH]2)C[C@@H]1c1ccc(F)cc1. The highest BCUT2D eigenvalue weighted by molar-refractivity contribution is 5.93. The molecule has 23 heavy (non-hydrogen) atoms. The van der Waals surface area contributed by atoms with Gasteiger partial charge in [-0.15, -0.1) is 0 Å². The molecule has 0 aliphatic carbocycles.